The summed E-state index contributed by atoms with van der Waals surface area (Å²) in [5, 5.41) is 18.2. The lowest BCUT2D eigenvalue weighted by Crippen LogP contribution is -2.34. The minimum Gasteiger partial charge on any atom is -0.462 e. The van der Waals surface area contributed by atoms with Gasteiger partial charge < -0.3 is 9.64 Å². The lowest BCUT2D eigenvalue weighted by molar-refractivity contribution is 0.318. The molecule has 134 valence electrons. The summed E-state index contributed by atoms with van der Waals surface area (Å²) in [6, 6.07) is 8.45. The van der Waals surface area contributed by atoms with Crippen molar-refractivity contribution in [2.75, 3.05) is 18.0 Å². The zero-order valence-corrected chi connectivity index (χ0v) is 15.5. The van der Waals surface area contributed by atoms with Crippen molar-refractivity contribution in [2.24, 2.45) is 0 Å². The van der Waals surface area contributed by atoms with Gasteiger partial charge in [0.05, 0.1) is 0 Å². The van der Waals surface area contributed by atoms with E-state index in [1.54, 1.807) is 12.2 Å². The third kappa shape index (κ3) is 3.39. The van der Waals surface area contributed by atoms with Crippen LogP contribution >= 0.6 is 0 Å². The first-order valence-electron chi connectivity index (χ1n) is 9.39. The third-order valence-corrected chi connectivity index (χ3v) is 5.24. The molecule has 0 amide bonds. The Balaban J connectivity index is 1.65. The summed E-state index contributed by atoms with van der Waals surface area (Å²) in [5.41, 5.74) is 6.24. The van der Waals surface area contributed by atoms with Crippen LogP contribution in [0.3, 0.4) is 0 Å². The van der Waals surface area contributed by atoms with Crippen LogP contribution in [-0.2, 0) is 17.6 Å². The predicted octanol–water partition coefficient (Wildman–Crippen LogP) is 4.56. The molecule has 0 saturated heterocycles. The highest BCUT2D eigenvalue weighted by Crippen LogP contribution is 2.36. The zero-order valence-electron chi connectivity index (χ0n) is 15.5. The second-order valence-corrected chi connectivity index (χ2v) is 7.17. The molecule has 0 saturated carbocycles. The minimum atomic E-state index is 0.0989. The van der Waals surface area contributed by atoms with Crippen LogP contribution in [0.15, 0.2) is 53.0 Å². The van der Waals surface area contributed by atoms with E-state index in [4.69, 9.17) is 15.3 Å². The van der Waals surface area contributed by atoms with Crippen LogP contribution in [0.25, 0.3) is 6.08 Å². The van der Waals surface area contributed by atoms with Gasteiger partial charge in [-0.15, -0.1) is 0 Å². The molecule has 0 aliphatic carbocycles. The number of allylic oxidation sites excluding steroid dienone is 6. The van der Waals surface area contributed by atoms with E-state index in [1.807, 2.05) is 25.1 Å². The van der Waals surface area contributed by atoms with Gasteiger partial charge in [0.15, 0.2) is 0 Å². The molecule has 0 radical (unpaired) electrons. The molecule has 3 aliphatic rings. The molecule has 0 fully saturated rings. The van der Waals surface area contributed by atoms with E-state index < -0.39 is 0 Å². The maximum absolute atomic E-state index is 9.10. The number of benzene rings is 1. The fourth-order valence-corrected chi connectivity index (χ4v) is 4.14. The molecule has 27 heavy (non-hydrogen) atoms. The standard InChI is InChI=1S/C23H21N3O/c1-16-10-20(21(14-24)15-25)13-22(27-16)7-6-17-11-18-4-2-8-26-9-3-5-19(12-17)23(18)26/h6-7,10-13H,2-5,8-9H2,1H3. The van der Waals surface area contributed by atoms with E-state index in [2.05, 4.69) is 23.1 Å². The first kappa shape index (κ1) is 17.2. The van der Waals surface area contributed by atoms with Crippen molar-refractivity contribution >= 4 is 11.8 Å². The summed E-state index contributed by atoms with van der Waals surface area (Å²) in [6.07, 6.45) is 12.2. The normalized spacial score (nSPS) is 18.0. The summed E-state index contributed by atoms with van der Waals surface area (Å²) in [6.45, 7) is 4.18. The predicted molar refractivity (Wildman–Crippen MR) is 106 cm³/mol. The Morgan fingerprint density at radius 3 is 2.33 bits per heavy atom. The summed E-state index contributed by atoms with van der Waals surface area (Å²) < 4.78 is 5.75. The number of nitriles is 2. The Bertz CT molecular complexity index is 948. The maximum Gasteiger partial charge on any atom is 0.137 e. The molecular formula is C23H21N3O. The Labute approximate surface area is 160 Å². The van der Waals surface area contributed by atoms with Crippen molar-refractivity contribution in [1.82, 2.24) is 0 Å². The van der Waals surface area contributed by atoms with Gasteiger partial charge in [-0.05, 0) is 79.7 Å². The van der Waals surface area contributed by atoms with E-state index >= 15 is 0 Å². The minimum absolute atomic E-state index is 0.0989. The fraction of sp³-hybridized carbons (Fsp3) is 0.304. The number of rotatable bonds is 2. The lowest BCUT2D eigenvalue weighted by Gasteiger charge is -2.37. The van der Waals surface area contributed by atoms with Crippen LogP contribution in [0, 0.1) is 22.7 Å². The monoisotopic (exact) mass is 355 g/mol. The first-order chi connectivity index (χ1) is 13.2. The molecule has 0 aromatic heterocycles. The summed E-state index contributed by atoms with van der Waals surface area (Å²) in [4.78, 5) is 2.54. The van der Waals surface area contributed by atoms with Crippen molar-refractivity contribution in [3.63, 3.8) is 0 Å². The summed E-state index contributed by atoms with van der Waals surface area (Å²) in [5.74, 6) is 1.31. The molecule has 4 nitrogen and oxygen atoms in total. The number of ether oxygens (including phenoxy) is 1. The average molecular weight is 355 g/mol. The van der Waals surface area contributed by atoms with Crippen molar-refractivity contribution in [3.8, 4) is 12.1 Å². The van der Waals surface area contributed by atoms with Crippen LogP contribution in [0.1, 0.15) is 36.5 Å². The van der Waals surface area contributed by atoms with Crippen LogP contribution in [0.5, 0.6) is 0 Å². The van der Waals surface area contributed by atoms with Gasteiger partial charge in [-0.3, -0.25) is 0 Å². The molecule has 4 heteroatoms. The van der Waals surface area contributed by atoms with Gasteiger partial charge in [0.2, 0.25) is 0 Å². The van der Waals surface area contributed by atoms with E-state index in [0.717, 1.165) is 12.8 Å². The molecule has 1 aromatic carbocycles. The highest BCUT2D eigenvalue weighted by molar-refractivity contribution is 5.68. The Hall–Kier alpha value is -3.24. The van der Waals surface area contributed by atoms with Gasteiger partial charge in [0.25, 0.3) is 0 Å². The fourth-order valence-electron chi connectivity index (χ4n) is 4.14. The molecule has 4 rings (SSSR count). The topological polar surface area (TPSA) is 60.0 Å². The Morgan fingerprint density at radius 2 is 1.70 bits per heavy atom. The molecule has 1 aromatic rings. The number of nitrogens with zero attached hydrogens (tertiary/aromatic N) is 3. The van der Waals surface area contributed by atoms with Crippen molar-refractivity contribution in [3.05, 3.63) is 69.7 Å². The molecule has 3 heterocycles. The number of hydrogen-bond acceptors (Lipinski definition) is 4. The highest BCUT2D eigenvalue weighted by atomic mass is 16.5. The van der Waals surface area contributed by atoms with Gasteiger partial charge in [-0.1, -0.05) is 6.08 Å². The van der Waals surface area contributed by atoms with Crippen LogP contribution in [0.4, 0.5) is 5.69 Å². The number of aryl methyl sites for hydroxylation is 2. The largest absolute Gasteiger partial charge is 0.462 e. The van der Waals surface area contributed by atoms with Crippen LogP contribution < -0.4 is 4.90 Å². The summed E-state index contributed by atoms with van der Waals surface area (Å²) in [7, 11) is 0. The van der Waals surface area contributed by atoms with E-state index in [-0.39, 0.29) is 5.57 Å². The van der Waals surface area contributed by atoms with Gasteiger partial charge >= 0.3 is 0 Å². The van der Waals surface area contributed by atoms with Gasteiger partial charge in [-0.25, -0.2) is 0 Å². The van der Waals surface area contributed by atoms with E-state index in [9.17, 15) is 0 Å². The van der Waals surface area contributed by atoms with Crippen molar-refractivity contribution in [1.29, 1.82) is 10.5 Å². The second-order valence-electron chi connectivity index (χ2n) is 7.17. The molecule has 0 unspecified atom stereocenters. The number of anilines is 1. The van der Waals surface area contributed by atoms with Gasteiger partial charge in [-0.2, -0.15) is 10.5 Å². The van der Waals surface area contributed by atoms with E-state index in [1.165, 1.54) is 48.3 Å². The quantitative estimate of drug-likeness (QED) is 0.730. The first-order valence-corrected chi connectivity index (χ1v) is 9.39. The van der Waals surface area contributed by atoms with E-state index in [0.29, 0.717) is 17.1 Å². The van der Waals surface area contributed by atoms with Crippen molar-refractivity contribution in [2.45, 2.75) is 32.6 Å². The van der Waals surface area contributed by atoms with Crippen molar-refractivity contribution < 1.29 is 4.74 Å². The Kier molecular flexibility index (Phi) is 4.57. The zero-order chi connectivity index (χ0) is 18.8. The average Bonchev–Trinajstić information content (AvgIpc) is 2.67. The molecular weight excluding hydrogens is 334 g/mol. The molecule has 0 spiro atoms. The third-order valence-electron chi connectivity index (χ3n) is 5.24. The Morgan fingerprint density at radius 1 is 1.04 bits per heavy atom. The van der Waals surface area contributed by atoms with Crippen LogP contribution in [0.2, 0.25) is 0 Å². The van der Waals surface area contributed by atoms with Gasteiger partial charge in [0.1, 0.15) is 29.2 Å². The lowest BCUT2D eigenvalue weighted by atomic mass is 9.90. The smallest absolute Gasteiger partial charge is 0.137 e. The SMILES string of the molecule is CC1=CC(=C(C#N)C#N)C=C(C=Cc2cc3c4c(c2)CCCN4CCC3)O1. The number of hydrogen-bond donors (Lipinski definition) is 0. The van der Waals surface area contributed by atoms with Gasteiger partial charge in [0, 0.05) is 24.4 Å². The van der Waals surface area contributed by atoms with Crippen LogP contribution in [-0.4, -0.2) is 13.1 Å². The summed E-state index contributed by atoms with van der Waals surface area (Å²) >= 11 is 0. The highest BCUT2D eigenvalue weighted by Gasteiger charge is 2.23. The molecule has 3 aliphatic heterocycles. The molecule has 0 N–H and O–H groups in total. The molecule has 0 bridgehead atoms. The second kappa shape index (κ2) is 7.17. The molecule has 0 atom stereocenters. The maximum atomic E-state index is 9.10.